The molecule has 6 heteroatoms. The van der Waals surface area contributed by atoms with Crippen molar-refractivity contribution in [3.05, 3.63) is 40.6 Å². The van der Waals surface area contributed by atoms with E-state index >= 15 is 0 Å². The van der Waals surface area contributed by atoms with Gasteiger partial charge in [0, 0.05) is 35.4 Å². The Morgan fingerprint density at radius 2 is 2.30 bits per heavy atom. The molecule has 1 aromatic heterocycles. The normalized spacial score (nSPS) is 22.1. The van der Waals surface area contributed by atoms with Crippen molar-refractivity contribution in [2.75, 3.05) is 18.4 Å². The number of benzene rings is 1. The third-order valence-electron chi connectivity index (χ3n) is 3.75. The summed E-state index contributed by atoms with van der Waals surface area (Å²) in [6.07, 6.45) is 2.63. The second-order valence-corrected chi connectivity index (χ2v) is 5.40. The van der Waals surface area contributed by atoms with Gasteiger partial charge < -0.3 is 10.6 Å². The van der Waals surface area contributed by atoms with E-state index in [2.05, 4.69) is 22.5 Å². The highest BCUT2D eigenvalue weighted by molar-refractivity contribution is 5.96. The third-order valence-corrected chi connectivity index (χ3v) is 3.75. The Labute approximate surface area is 116 Å². The standard InChI is InChI=1S/C14H16N4O2/c1-14(6-8-15-9-14)17-11-5-7-16-13-10(11)3-2-4-12(13)18(19)20/h2-5,7,15H,6,8-9H2,1H3,(H,16,17). The number of nitro benzene ring substituents is 1. The van der Waals surface area contributed by atoms with E-state index in [0.717, 1.165) is 30.6 Å². The number of rotatable bonds is 3. The van der Waals surface area contributed by atoms with Crippen LogP contribution in [-0.4, -0.2) is 28.5 Å². The topological polar surface area (TPSA) is 80.1 Å². The lowest BCUT2D eigenvalue weighted by Crippen LogP contribution is -2.36. The zero-order valence-corrected chi connectivity index (χ0v) is 11.2. The molecule has 20 heavy (non-hydrogen) atoms. The molecule has 0 aliphatic carbocycles. The van der Waals surface area contributed by atoms with E-state index < -0.39 is 4.92 Å². The first kappa shape index (κ1) is 12.8. The average molecular weight is 272 g/mol. The maximum atomic E-state index is 11.1. The highest BCUT2D eigenvalue weighted by atomic mass is 16.6. The number of anilines is 1. The van der Waals surface area contributed by atoms with Crippen molar-refractivity contribution in [2.24, 2.45) is 0 Å². The number of nitrogens with one attached hydrogen (secondary N) is 2. The second-order valence-electron chi connectivity index (χ2n) is 5.40. The number of nitrogens with zero attached hydrogens (tertiary/aromatic N) is 2. The van der Waals surface area contributed by atoms with Crippen LogP contribution < -0.4 is 10.6 Å². The predicted molar refractivity (Wildman–Crippen MR) is 77.9 cm³/mol. The molecule has 6 nitrogen and oxygen atoms in total. The fourth-order valence-electron chi connectivity index (χ4n) is 2.67. The summed E-state index contributed by atoms with van der Waals surface area (Å²) in [5, 5.41) is 18.7. The zero-order chi connectivity index (χ0) is 14.2. The molecule has 1 aliphatic heterocycles. The molecular weight excluding hydrogens is 256 g/mol. The molecule has 0 radical (unpaired) electrons. The molecule has 2 aromatic rings. The van der Waals surface area contributed by atoms with Gasteiger partial charge in [-0.15, -0.1) is 0 Å². The van der Waals surface area contributed by atoms with Crippen LogP contribution >= 0.6 is 0 Å². The molecule has 0 saturated carbocycles. The van der Waals surface area contributed by atoms with Crippen molar-refractivity contribution in [2.45, 2.75) is 18.9 Å². The Hall–Kier alpha value is -2.21. The molecule has 1 unspecified atom stereocenters. The molecule has 1 saturated heterocycles. The minimum absolute atomic E-state index is 0.0289. The van der Waals surface area contributed by atoms with Gasteiger partial charge in [0.25, 0.3) is 5.69 Å². The summed E-state index contributed by atoms with van der Waals surface area (Å²) in [4.78, 5) is 14.8. The Kier molecular flexibility index (Phi) is 3.02. The van der Waals surface area contributed by atoms with Gasteiger partial charge in [-0.25, -0.2) is 4.98 Å². The van der Waals surface area contributed by atoms with E-state index in [-0.39, 0.29) is 11.2 Å². The Bertz CT molecular complexity index is 665. The van der Waals surface area contributed by atoms with Crippen molar-refractivity contribution in [3.63, 3.8) is 0 Å². The third kappa shape index (κ3) is 2.18. The van der Waals surface area contributed by atoms with Crippen molar-refractivity contribution in [3.8, 4) is 0 Å². The summed E-state index contributed by atoms with van der Waals surface area (Å²) < 4.78 is 0. The van der Waals surface area contributed by atoms with E-state index in [4.69, 9.17) is 0 Å². The monoisotopic (exact) mass is 272 g/mol. The molecule has 1 fully saturated rings. The number of aromatic nitrogens is 1. The van der Waals surface area contributed by atoms with Crippen LogP contribution in [0.1, 0.15) is 13.3 Å². The molecule has 104 valence electrons. The quantitative estimate of drug-likeness (QED) is 0.662. The molecule has 0 bridgehead atoms. The van der Waals surface area contributed by atoms with Crippen LogP contribution in [0.4, 0.5) is 11.4 Å². The molecule has 1 atom stereocenters. The van der Waals surface area contributed by atoms with Crippen molar-refractivity contribution in [1.82, 2.24) is 10.3 Å². The van der Waals surface area contributed by atoms with Gasteiger partial charge in [-0.1, -0.05) is 12.1 Å². The minimum atomic E-state index is -0.391. The maximum Gasteiger partial charge on any atom is 0.295 e. The number of fused-ring (bicyclic) bond motifs is 1. The van der Waals surface area contributed by atoms with Crippen molar-refractivity contribution in [1.29, 1.82) is 0 Å². The molecule has 0 spiro atoms. The second kappa shape index (κ2) is 4.72. The highest BCUT2D eigenvalue weighted by Crippen LogP contribution is 2.31. The van der Waals surface area contributed by atoms with Crippen LogP contribution in [0.15, 0.2) is 30.5 Å². The van der Waals surface area contributed by atoms with Gasteiger partial charge in [0.1, 0.15) is 5.52 Å². The summed E-state index contributed by atoms with van der Waals surface area (Å²) in [5.74, 6) is 0. The molecule has 1 aliphatic rings. The Morgan fingerprint density at radius 3 is 3.00 bits per heavy atom. The van der Waals surface area contributed by atoms with Crippen LogP contribution in [0, 0.1) is 10.1 Å². The van der Waals surface area contributed by atoms with Gasteiger partial charge in [-0.2, -0.15) is 0 Å². The van der Waals surface area contributed by atoms with Gasteiger partial charge >= 0.3 is 0 Å². The molecule has 0 amide bonds. The van der Waals surface area contributed by atoms with Crippen LogP contribution in [-0.2, 0) is 0 Å². The van der Waals surface area contributed by atoms with E-state index in [9.17, 15) is 10.1 Å². The van der Waals surface area contributed by atoms with Gasteiger partial charge in [0.2, 0.25) is 0 Å². The number of para-hydroxylation sites is 1. The van der Waals surface area contributed by atoms with Gasteiger partial charge in [-0.3, -0.25) is 10.1 Å². The largest absolute Gasteiger partial charge is 0.378 e. The Morgan fingerprint density at radius 1 is 1.45 bits per heavy atom. The summed E-state index contributed by atoms with van der Waals surface area (Å²) in [5.41, 5.74) is 1.33. The predicted octanol–water partition coefficient (Wildman–Crippen LogP) is 2.31. The smallest absolute Gasteiger partial charge is 0.295 e. The van der Waals surface area contributed by atoms with Crippen LogP contribution in [0.2, 0.25) is 0 Å². The van der Waals surface area contributed by atoms with E-state index in [1.165, 1.54) is 6.07 Å². The van der Waals surface area contributed by atoms with E-state index in [0.29, 0.717) is 5.52 Å². The molecule has 3 rings (SSSR count). The molecular formula is C14H16N4O2. The summed E-state index contributed by atoms with van der Waals surface area (Å²) in [6, 6.07) is 6.92. The van der Waals surface area contributed by atoms with Gasteiger partial charge in [-0.05, 0) is 26.0 Å². The summed E-state index contributed by atoms with van der Waals surface area (Å²) in [7, 11) is 0. The lowest BCUT2D eigenvalue weighted by Gasteiger charge is -2.26. The lowest BCUT2D eigenvalue weighted by molar-refractivity contribution is -0.383. The summed E-state index contributed by atoms with van der Waals surface area (Å²) in [6.45, 7) is 4.01. The number of non-ortho nitro benzene ring substituents is 1. The number of hydrogen-bond donors (Lipinski definition) is 2. The zero-order valence-electron chi connectivity index (χ0n) is 11.2. The number of hydrogen-bond acceptors (Lipinski definition) is 5. The van der Waals surface area contributed by atoms with Crippen LogP contribution in [0.3, 0.4) is 0 Å². The average Bonchev–Trinajstić information content (AvgIpc) is 2.85. The molecule has 2 heterocycles. The fraction of sp³-hybridized carbons (Fsp3) is 0.357. The van der Waals surface area contributed by atoms with Crippen LogP contribution in [0.5, 0.6) is 0 Å². The molecule has 1 aromatic carbocycles. The van der Waals surface area contributed by atoms with E-state index in [1.807, 2.05) is 12.1 Å². The number of nitro groups is 1. The van der Waals surface area contributed by atoms with Gasteiger partial charge in [0.15, 0.2) is 0 Å². The first-order valence-corrected chi connectivity index (χ1v) is 6.60. The minimum Gasteiger partial charge on any atom is -0.378 e. The SMILES string of the molecule is CC1(Nc2ccnc3c([N+](=O)[O-])cccc23)CCNC1. The lowest BCUT2D eigenvalue weighted by atomic mass is 10.0. The Balaban J connectivity index is 2.08. The fourth-order valence-corrected chi connectivity index (χ4v) is 2.67. The van der Waals surface area contributed by atoms with Crippen LogP contribution in [0.25, 0.3) is 10.9 Å². The van der Waals surface area contributed by atoms with Crippen molar-refractivity contribution < 1.29 is 4.92 Å². The highest BCUT2D eigenvalue weighted by Gasteiger charge is 2.28. The van der Waals surface area contributed by atoms with Gasteiger partial charge in [0.05, 0.1) is 4.92 Å². The molecule has 2 N–H and O–H groups in total. The number of pyridine rings is 1. The van der Waals surface area contributed by atoms with Crippen molar-refractivity contribution >= 4 is 22.3 Å². The first-order valence-electron chi connectivity index (χ1n) is 6.60. The maximum absolute atomic E-state index is 11.1. The summed E-state index contributed by atoms with van der Waals surface area (Å²) >= 11 is 0. The first-order chi connectivity index (χ1) is 9.59. The van der Waals surface area contributed by atoms with E-state index in [1.54, 1.807) is 12.3 Å².